The van der Waals surface area contributed by atoms with Gasteiger partial charge in [-0.1, -0.05) is 23.2 Å². The molecule has 1 N–H and O–H groups in total. The summed E-state index contributed by atoms with van der Waals surface area (Å²) in [5, 5.41) is 4.95. The second-order valence-electron chi connectivity index (χ2n) is 4.71. The molecule has 2 atom stereocenters. The molecule has 2 rings (SSSR count). The number of hydrogen-bond donors (Lipinski definition) is 1. The second kappa shape index (κ2) is 7.46. The topological polar surface area (TPSA) is 30.5 Å². The third-order valence-corrected chi connectivity index (χ3v) is 3.98. The van der Waals surface area contributed by atoms with Gasteiger partial charge in [-0.05, 0) is 30.2 Å². The normalized spacial score (nSPS) is 20.7. The van der Waals surface area contributed by atoms with Gasteiger partial charge >= 0.3 is 0 Å². The summed E-state index contributed by atoms with van der Waals surface area (Å²) in [6, 6.07) is 5.75. The SMILES string of the molecule is COCCN[C@@H](c1cc(Cl)ccc1Cl)[C@H]1CCOC1. The van der Waals surface area contributed by atoms with Gasteiger partial charge in [0.05, 0.1) is 13.2 Å². The minimum absolute atomic E-state index is 0.156. The van der Waals surface area contributed by atoms with E-state index in [1.807, 2.05) is 18.2 Å². The van der Waals surface area contributed by atoms with Crippen molar-refractivity contribution in [1.82, 2.24) is 5.32 Å². The smallest absolute Gasteiger partial charge is 0.0587 e. The number of methoxy groups -OCH3 is 1. The predicted octanol–water partition coefficient (Wildman–Crippen LogP) is 3.31. The van der Waals surface area contributed by atoms with Crippen LogP contribution in [0.5, 0.6) is 0 Å². The van der Waals surface area contributed by atoms with Gasteiger partial charge in [0.15, 0.2) is 0 Å². The fraction of sp³-hybridized carbons (Fsp3) is 0.571. The quantitative estimate of drug-likeness (QED) is 0.818. The molecule has 1 aromatic rings. The monoisotopic (exact) mass is 303 g/mol. The molecule has 0 unspecified atom stereocenters. The summed E-state index contributed by atoms with van der Waals surface area (Å²) in [6.45, 7) is 3.02. The van der Waals surface area contributed by atoms with Crippen molar-refractivity contribution in [3.63, 3.8) is 0 Å². The molecule has 5 heteroatoms. The Bertz CT molecular complexity index is 408. The predicted molar refractivity (Wildman–Crippen MR) is 78.0 cm³/mol. The fourth-order valence-electron chi connectivity index (χ4n) is 2.42. The highest BCUT2D eigenvalue weighted by molar-refractivity contribution is 6.33. The van der Waals surface area contributed by atoms with Crippen LogP contribution in [-0.4, -0.2) is 33.5 Å². The summed E-state index contributed by atoms with van der Waals surface area (Å²) in [6.07, 6.45) is 1.04. The second-order valence-corrected chi connectivity index (χ2v) is 5.56. The Morgan fingerprint density at radius 2 is 2.32 bits per heavy atom. The first-order valence-electron chi connectivity index (χ1n) is 6.47. The molecule has 1 aliphatic rings. The van der Waals surface area contributed by atoms with Gasteiger partial charge in [-0.15, -0.1) is 0 Å². The first-order valence-corrected chi connectivity index (χ1v) is 7.23. The van der Waals surface area contributed by atoms with Crippen LogP contribution in [0.2, 0.25) is 10.0 Å². The summed E-state index contributed by atoms with van der Waals surface area (Å²) >= 11 is 12.4. The van der Waals surface area contributed by atoms with Crippen LogP contribution in [0.3, 0.4) is 0 Å². The summed E-state index contributed by atoms with van der Waals surface area (Å²) in [7, 11) is 1.70. The lowest BCUT2D eigenvalue weighted by Crippen LogP contribution is -2.31. The van der Waals surface area contributed by atoms with Crippen LogP contribution >= 0.6 is 23.2 Å². The minimum atomic E-state index is 0.156. The highest BCUT2D eigenvalue weighted by atomic mass is 35.5. The third-order valence-electron chi connectivity index (χ3n) is 3.40. The van der Waals surface area contributed by atoms with Crippen molar-refractivity contribution in [2.24, 2.45) is 5.92 Å². The maximum Gasteiger partial charge on any atom is 0.0587 e. The Morgan fingerprint density at radius 1 is 1.47 bits per heavy atom. The summed E-state index contributed by atoms with van der Waals surface area (Å²) < 4.78 is 10.6. The van der Waals surface area contributed by atoms with E-state index in [-0.39, 0.29) is 6.04 Å². The zero-order valence-electron chi connectivity index (χ0n) is 11.0. The van der Waals surface area contributed by atoms with Gasteiger partial charge in [0, 0.05) is 42.3 Å². The van der Waals surface area contributed by atoms with E-state index in [4.69, 9.17) is 32.7 Å². The van der Waals surface area contributed by atoms with Crippen LogP contribution in [0.4, 0.5) is 0 Å². The van der Waals surface area contributed by atoms with E-state index in [0.29, 0.717) is 17.5 Å². The van der Waals surface area contributed by atoms with Crippen LogP contribution in [0.1, 0.15) is 18.0 Å². The van der Waals surface area contributed by atoms with Crippen molar-refractivity contribution >= 4 is 23.2 Å². The Hall–Kier alpha value is -0.320. The highest BCUT2D eigenvalue weighted by Crippen LogP contribution is 2.34. The highest BCUT2D eigenvalue weighted by Gasteiger charge is 2.28. The van der Waals surface area contributed by atoms with E-state index < -0.39 is 0 Å². The molecule has 0 amide bonds. The summed E-state index contributed by atoms with van der Waals surface area (Å²) in [5.74, 6) is 0.424. The zero-order valence-corrected chi connectivity index (χ0v) is 12.5. The number of ether oxygens (including phenoxy) is 2. The lowest BCUT2D eigenvalue weighted by molar-refractivity contribution is 0.168. The van der Waals surface area contributed by atoms with E-state index in [0.717, 1.165) is 36.8 Å². The first kappa shape index (κ1) is 15.1. The Labute approximate surface area is 124 Å². The molecule has 0 saturated carbocycles. The Kier molecular flexibility index (Phi) is 5.92. The number of halogens is 2. The van der Waals surface area contributed by atoms with Gasteiger partial charge in [0.1, 0.15) is 0 Å². The molecule has 0 spiro atoms. The van der Waals surface area contributed by atoms with Crippen LogP contribution < -0.4 is 5.32 Å². The summed E-state index contributed by atoms with van der Waals surface area (Å²) in [5.41, 5.74) is 1.04. The number of rotatable bonds is 6. The van der Waals surface area contributed by atoms with Crippen LogP contribution in [0.25, 0.3) is 0 Å². The number of benzene rings is 1. The molecule has 1 fully saturated rings. The Balaban J connectivity index is 2.17. The zero-order chi connectivity index (χ0) is 13.7. The minimum Gasteiger partial charge on any atom is -0.383 e. The van der Waals surface area contributed by atoms with Crippen molar-refractivity contribution in [3.05, 3.63) is 33.8 Å². The molecule has 0 aliphatic carbocycles. The molecule has 1 heterocycles. The lowest BCUT2D eigenvalue weighted by Gasteiger charge is -2.25. The van der Waals surface area contributed by atoms with E-state index in [2.05, 4.69) is 5.32 Å². The van der Waals surface area contributed by atoms with Crippen molar-refractivity contribution in [2.75, 3.05) is 33.5 Å². The largest absolute Gasteiger partial charge is 0.383 e. The van der Waals surface area contributed by atoms with Gasteiger partial charge in [-0.2, -0.15) is 0 Å². The molecule has 0 radical (unpaired) electrons. The molecule has 0 bridgehead atoms. The molecule has 1 saturated heterocycles. The first-order chi connectivity index (χ1) is 9.22. The van der Waals surface area contributed by atoms with Crippen molar-refractivity contribution in [1.29, 1.82) is 0 Å². The fourth-order valence-corrected chi connectivity index (χ4v) is 2.83. The van der Waals surface area contributed by atoms with Crippen molar-refractivity contribution < 1.29 is 9.47 Å². The molecular weight excluding hydrogens is 285 g/mol. The number of hydrogen-bond acceptors (Lipinski definition) is 3. The molecule has 0 aromatic heterocycles. The molecule has 1 aromatic carbocycles. The van der Waals surface area contributed by atoms with E-state index in [1.54, 1.807) is 7.11 Å². The average molecular weight is 304 g/mol. The maximum absolute atomic E-state index is 6.31. The molecule has 1 aliphatic heterocycles. The molecule has 3 nitrogen and oxygen atoms in total. The molecular formula is C14H19Cl2NO2. The van der Waals surface area contributed by atoms with Crippen molar-refractivity contribution in [2.45, 2.75) is 12.5 Å². The molecule has 106 valence electrons. The average Bonchev–Trinajstić information content (AvgIpc) is 2.92. The Morgan fingerprint density at radius 3 is 3.00 bits per heavy atom. The summed E-state index contributed by atoms with van der Waals surface area (Å²) in [4.78, 5) is 0. The van der Waals surface area contributed by atoms with E-state index >= 15 is 0 Å². The van der Waals surface area contributed by atoms with Crippen LogP contribution in [0.15, 0.2) is 18.2 Å². The standard InChI is InChI=1S/C14H19Cl2NO2/c1-18-7-5-17-14(10-4-6-19-9-10)12-8-11(15)2-3-13(12)16/h2-3,8,10,14,17H,4-7,9H2,1H3/t10-,14+/m0/s1. The van der Waals surface area contributed by atoms with Gasteiger partial charge in [-0.3, -0.25) is 0 Å². The van der Waals surface area contributed by atoms with Gasteiger partial charge in [-0.25, -0.2) is 0 Å². The number of nitrogens with one attached hydrogen (secondary N) is 1. The van der Waals surface area contributed by atoms with Crippen molar-refractivity contribution in [3.8, 4) is 0 Å². The van der Waals surface area contributed by atoms with Gasteiger partial charge in [0.25, 0.3) is 0 Å². The lowest BCUT2D eigenvalue weighted by atomic mass is 9.92. The van der Waals surface area contributed by atoms with Gasteiger partial charge < -0.3 is 14.8 Å². The maximum atomic E-state index is 6.31. The van der Waals surface area contributed by atoms with E-state index in [1.165, 1.54) is 0 Å². The van der Waals surface area contributed by atoms with Crippen LogP contribution in [-0.2, 0) is 9.47 Å². The van der Waals surface area contributed by atoms with Crippen LogP contribution in [0, 0.1) is 5.92 Å². The molecule has 19 heavy (non-hydrogen) atoms. The van der Waals surface area contributed by atoms with Gasteiger partial charge in [0.2, 0.25) is 0 Å². The third kappa shape index (κ3) is 4.07. The van der Waals surface area contributed by atoms with E-state index in [9.17, 15) is 0 Å².